The minimum Gasteiger partial charge on any atom is -0.394 e. The van der Waals surface area contributed by atoms with E-state index in [0.717, 1.165) is 64.2 Å². The van der Waals surface area contributed by atoms with Crippen LogP contribution in [0.2, 0.25) is 0 Å². The first-order valence-electron chi connectivity index (χ1n) is 37.4. The number of carbonyl (C=O) groups excluding carboxylic acids is 1. The largest absolute Gasteiger partial charge is 0.394 e. The third-order valence-corrected chi connectivity index (χ3v) is 18.6. The number of hydrogen-bond acceptors (Lipinski definition) is 18. The summed E-state index contributed by atoms with van der Waals surface area (Å²) in [6.07, 6.45) is 41.1. The van der Waals surface area contributed by atoms with Gasteiger partial charge in [-0.15, -0.1) is 0 Å². The van der Waals surface area contributed by atoms with Crippen LogP contribution in [0.15, 0.2) is 48.6 Å². The van der Waals surface area contributed by atoms with Gasteiger partial charge in [0.25, 0.3) is 0 Å². The fraction of sp³-hybridized carbons (Fsp3) is 0.878. The first-order chi connectivity index (χ1) is 45.3. The molecule has 0 bridgehead atoms. The standard InChI is InChI=1S/C74H135NO18/c1-3-5-7-9-11-13-15-17-19-21-22-23-24-25-26-27-28-29-30-31-32-33-34-35-36-37-39-41-43-45-47-49-51-58(79)57(75-62(80)52-50-48-46-44-42-40-38-20-18-16-14-12-10-8-6-4-2)56-88-72-68(86)65(83)70(60(54-77)90-72)93-74-69(87)66(84)71(61(55-78)91-74)92-73-67(85)64(82)63(81)59(53-76)89-73/h14,16,20,38,41,43,49,51,57-61,63-74,76-79,81-87H,3-13,15,17-19,21-37,39-40,42,44-48,50,52-56H2,1-2H3,(H,75,80)/b16-14-,38-20-,43-41+,51-49+. The number of carbonyl (C=O) groups is 1. The lowest BCUT2D eigenvalue weighted by atomic mass is 9.96. The summed E-state index contributed by atoms with van der Waals surface area (Å²) < 4.78 is 34.3. The van der Waals surface area contributed by atoms with Gasteiger partial charge in [-0.05, 0) is 64.2 Å². The molecule has 3 heterocycles. The molecule has 0 aromatic rings. The Hall–Kier alpha value is -2.25. The van der Waals surface area contributed by atoms with E-state index in [9.17, 15) is 61.0 Å². The predicted molar refractivity (Wildman–Crippen MR) is 365 cm³/mol. The fourth-order valence-corrected chi connectivity index (χ4v) is 12.5. The van der Waals surface area contributed by atoms with Crippen molar-refractivity contribution in [2.45, 2.75) is 388 Å². The van der Waals surface area contributed by atoms with Crippen LogP contribution < -0.4 is 5.32 Å². The maximum Gasteiger partial charge on any atom is 0.220 e. The summed E-state index contributed by atoms with van der Waals surface area (Å²) in [6.45, 7) is 1.71. The van der Waals surface area contributed by atoms with Gasteiger partial charge in [0.1, 0.15) is 73.2 Å². The molecule has 3 fully saturated rings. The highest BCUT2D eigenvalue weighted by Gasteiger charge is 2.53. The first-order valence-corrected chi connectivity index (χ1v) is 37.4. The molecule has 0 spiro atoms. The number of aliphatic hydroxyl groups is 11. The van der Waals surface area contributed by atoms with E-state index in [4.69, 9.17) is 28.4 Å². The van der Waals surface area contributed by atoms with E-state index in [1.165, 1.54) is 186 Å². The van der Waals surface area contributed by atoms with Crippen LogP contribution in [0.3, 0.4) is 0 Å². The van der Waals surface area contributed by atoms with Crippen molar-refractivity contribution in [3.8, 4) is 0 Å². The van der Waals surface area contributed by atoms with Crippen molar-refractivity contribution in [1.82, 2.24) is 5.32 Å². The molecular weight excluding hydrogens is 1190 g/mol. The van der Waals surface area contributed by atoms with Crippen molar-refractivity contribution in [3.05, 3.63) is 48.6 Å². The lowest BCUT2D eigenvalue weighted by Gasteiger charge is -2.48. The molecule has 19 heteroatoms. The molecule has 0 aliphatic carbocycles. The summed E-state index contributed by atoms with van der Waals surface area (Å²) in [7, 11) is 0. The van der Waals surface area contributed by atoms with Gasteiger partial charge in [-0.1, -0.05) is 262 Å². The molecule has 1 amide bonds. The Labute approximate surface area is 561 Å². The number of ether oxygens (including phenoxy) is 6. The van der Waals surface area contributed by atoms with E-state index in [1.54, 1.807) is 6.08 Å². The molecule has 12 N–H and O–H groups in total. The smallest absolute Gasteiger partial charge is 0.220 e. The van der Waals surface area contributed by atoms with Crippen LogP contribution in [-0.2, 0) is 33.2 Å². The van der Waals surface area contributed by atoms with E-state index >= 15 is 0 Å². The zero-order valence-electron chi connectivity index (χ0n) is 57.7. The highest BCUT2D eigenvalue weighted by Crippen LogP contribution is 2.33. The third kappa shape index (κ3) is 37.0. The van der Waals surface area contributed by atoms with Gasteiger partial charge in [0.15, 0.2) is 18.9 Å². The number of nitrogens with one attached hydrogen (secondary N) is 1. The molecule has 0 radical (unpaired) electrons. The van der Waals surface area contributed by atoms with Gasteiger partial charge in [0.05, 0.1) is 38.6 Å². The van der Waals surface area contributed by atoms with Crippen LogP contribution in [0.1, 0.15) is 284 Å². The second-order valence-electron chi connectivity index (χ2n) is 26.7. The Kier molecular flexibility index (Phi) is 50.8. The zero-order valence-corrected chi connectivity index (χ0v) is 57.7. The summed E-state index contributed by atoms with van der Waals surface area (Å²) in [4.78, 5) is 13.4. The number of allylic oxidation sites excluding steroid dienone is 7. The van der Waals surface area contributed by atoms with Crippen LogP contribution in [0.5, 0.6) is 0 Å². The summed E-state index contributed by atoms with van der Waals surface area (Å²) >= 11 is 0. The number of aliphatic hydroxyl groups excluding tert-OH is 11. The second-order valence-corrected chi connectivity index (χ2v) is 26.7. The summed E-state index contributed by atoms with van der Waals surface area (Å²) in [5.74, 6) is -0.298. The van der Waals surface area contributed by atoms with Gasteiger partial charge in [-0.25, -0.2) is 0 Å². The minimum atomic E-state index is -1.98. The van der Waals surface area contributed by atoms with Crippen LogP contribution in [-0.4, -0.2) is 193 Å². The lowest BCUT2D eigenvalue weighted by molar-refractivity contribution is -0.379. The van der Waals surface area contributed by atoms with Crippen molar-refractivity contribution in [3.63, 3.8) is 0 Å². The molecule has 17 unspecified atom stereocenters. The van der Waals surface area contributed by atoms with Gasteiger partial charge < -0.3 is 89.9 Å². The van der Waals surface area contributed by atoms with Crippen LogP contribution >= 0.6 is 0 Å². The number of rotatable bonds is 58. The average molecular weight is 1330 g/mol. The quantitative estimate of drug-likeness (QED) is 0.0199. The molecule has 3 aliphatic heterocycles. The molecule has 544 valence electrons. The first kappa shape index (κ1) is 85.0. The third-order valence-electron chi connectivity index (χ3n) is 18.6. The number of amides is 1. The fourth-order valence-electron chi connectivity index (χ4n) is 12.5. The highest BCUT2D eigenvalue weighted by atomic mass is 16.8. The lowest BCUT2D eigenvalue weighted by Crippen LogP contribution is -2.66. The average Bonchev–Trinajstić information content (AvgIpc) is 0.813. The van der Waals surface area contributed by atoms with Crippen LogP contribution in [0.25, 0.3) is 0 Å². The Balaban J connectivity index is 1.39. The van der Waals surface area contributed by atoms with Gasteiger partial charge in [-0.2, -0.15) is 0 Å². The normalized spacial score (nSPS) is 27.8. The molecule has 93 heavy (non-hydrogen) atoms. The second kappa shape index (κ2) is 55.6. The van der Waals surface area contributed by atoms with Crippen LogP contribution in [0.4, 0.5) is 0 Å². The van der Waals surface area contributed by atoms with E-state index in [0.29, 0.717) is 12.8 Å². The topological polar surface area (TPSA) is 307 Å². The van der Waals surface area contributed by atoms with Crippen molar-refractivity contribution >= 4 is 5.91 Å². The van der Waals surface area contributed by atoms with Crippen molar-refractivity contribution in [2.24, 2.45) is 0 Å². The van der Waals surface area contributed by atoms with Crippen molar-refractivity contribution < 1.29 is 89.4 Å². The Morgan fingerprint density at radius 3 is 1.15 bits per heavy atom. The summed E-state index contributed by atoms with van der Waals surface area (Å²) in [6, 6.07) is -0.999. The molecule has 3 rings (SSSR count). The maximum absolute atomic E-state index is 13.4. The van der Waals surface area contributed by atoms with Gasteiger partial charge in [-0.3, -0.25) is 4.79 Å². The molecule has 3 aliphatic rings. The summed E-state index contributed by atoms with van der Waals surface area (Å²) in [5.41, 5.74) is 0. The van der Waals surface area contributed by atoms with E-state index in [1.807, 2.05) is 6.08 Å². The monoisotopic (exact) mass is 1330 g/mol. The molecule has 17 atom stereocenters. The Bertz CT molecular complexity index is 1870. The number of hydrogen-bond donors (Lipinski definition) is 12. The molecule has 19 nitrogen and oxygen atoms in total. The van der Waals surface area contributed by atoms with Gasteiger partial charge in [0.2, 0.25) is 5.91 Å². The van der Waals surface area contributed by atoms with Crippen molar-refractivity contribution in [2.75, 3.05) is 26.4 Å². The predicted octanol–water partition coefficient (Wildman–Crippen LogP) is 10.9. The highest BCUT2D eigenvalue weighted by molar-refractivity contribution is 5.76. The maximum atomic E-state index is 13.4. The summed E-state index contributed by atoms with van der Waals surface area (Å²) in [5, 5.41) is 121. The van der Waals surface area contributed by atoms with Gasteiger partial charge in [0, 0.05) is 6.42 Å². The molecule has 3 saturated heterocycles. The zero-order chi connectivity index (χ0) is 67.5. The molecular formula is C74H135NO18. The molecule has 0 aromatic carbocycles. The molecule has 0 aromatic heterocycles. The Morgan fingerprint density at radius 1 is 0.387 bits per heavy atom. The SMILES string of the molecule is CCCCCC/C=C\C/C=C\CCCCCCCC(=O)NC(COC1OC(CO)C(OC2OC(CO)C(OC3OC(CO)C(O)C(O)C3O)C(O)C2O)C(O)C1O)C(O)/C=C/CC/C=C/CCCCCCCCCCCCCCCCCCCCCCCCCCCC. The van der Waals surface area contributed by atoms with Crippen molar-refractivity contribution in [1.29, 1.82) is 0 Å². The Morgan fingerprint density at radius 2 is 0.720 bits per heavy atom. The van der Waals surface area contributed by atoms with E-state index in [2.05, 4.69) is 55.6 Å². The van der Waals surface area contributed by atoms with Gasteiger partial charge >= 0.3 is 0 Å². The van der Waals surface area contributed by atoms with E-state index < -0.39 is 124 Å². The molecule has 0 saturated carbocycles. The van der Waals surface area contributed by atoms with E-state index in [-0.39, 0.29) is 18.9 Å². The number of unbranched alkanes of at least 4 members (excludes halogenated alkanes) is 36. The van der Waals surface area contributed by atoms with Crippen LogP contribution in [0, 0.1) is 0 Å². The minimum absolute atomic E-state index is 0.219.